The maximum Gasteiger partial charge on any atom is 0.193 e. The third kappa shape index (κ3) is 3.87. The highest BCUT2D eigenvalue weighted by Crippen LogP contribution is 2.34. The summed E-state index contributed by atoms with van der Waals surface area (Å²) >= 11 is 0. The van der Waals surface area contributed by atoms with E-state index >= 15 is 0 Å². The van der Waals surface area contributed by atoms with Crippen LogP contribution in [0.25, 0.3) is 6.08 Å². The van der Waals surface area contributed by atoms with E-state index in [0.717, 1.165) is 11.3 Å². The molecule has 0 saturated heterocycles. The Balaban J connectivity index is 2.32. The predicted molar refractivity (Wildman–Crippen MR) is 92.5 cm³/mol. The fourth-order valence-corrected chi connectivity index (χ4v) is 2.22. The fraction of sp³-hybridized carbons (Fsp3) is 0.211. The highest BCUT2D eigenvalue weighted by molar-refractivity contribution is 6.10. The highest BCUT2D eigenvalue weighted by Gasteiger charge is 2.18. The van der Waals surface area contributed by atoms with Crippen molar-refractivity contribution in [1.82, 2.24) is 0 Å². The number of hydrogen-bond donors (Lipinski definition) is 0. The minimum absolute atomic E-state index is 0.220. The van der Waals surface area contributed by atoms with Gasteiger partial charge in [0.2, 0.25) is 0 Å². The van der Waals surface area contributed by atoms with E-state index in [1.807, 2.05) is 24.3 Å². The smallest absolute Gasteiger partial charge is 0.193 e. The van der Waals surface area contributed by atoms with Crippen LogP contribution in [-0.2, 0) is 0 Å². The summed E-state index contributed by atoms with van der Waals surface area (Å²) in [5, 5.41) is 0. The Kier molecular flexibility index (Phi) is 5.84. The first-order valence-corrected chi connectivity index (χ1v) is 7.29. The number of ether oxygens (including phenoxy) is 4. The summed E-state index contributed by atoms with van der Waals surface area (Å²) in [5.41, 5.74) is 1.24. The molecule has 2 rings (SSSR count). The molecule has 5 nitrogen and oxygen atoms in total. The second-order valence-electron chi connectivity index (χ2n) is 4.88. The summed E-state index contributed by atoms with van der Waals surface area (Å²) in [5.74, 6) is 1.89. The van der Waals surface area contributed by atoms with E-state index in [1.54, 1.807) is 32.4 Å². The first-order chi connectivity index (χ1) is 11.6. The van der Waals surface area contributed by atoms with Gasteiger partial charge in [0.15, 0.2) is 5.78 Å². The van der Waals surface area contributed by atoms with Crippen LogP contribution in [0.4, 0.5) is 0 Å². The first-order valence-electron chi connectivity index (χ1n) is 7.29. The van der Waals surface area contributed by atoms with E-state index in [2.05, 4.69) is 0 Å². The minimum Gasteiger partial charge on any atom is -0.497 e. The lowest BCUT2D eigenvalue weighted by Gasteiger charge is -2.13. The Morgan fingerprint density at radius 2 is 1.33 bits per heavy atom. The van der Waals surface area contributed by atoms with E-state index in [1.165, 1.54) is 20.3 Å². The van der Waals surface area contributed by atoms with Crippen molar-refractivity contribution in [2.24, 2.45) is 0 Å². The largest absolute Gasteiger partial charge is 0.497 e. The molecule has 0 aliphatic rings. The summed E-state index contributed by atoms with van der Waals surface area (Å²) < 4.78 is 20.9. The van der Waals surface area contributed by atoms with Crippen LogP contribution >= 0.6 is 0 Å². The molecule has 0 radical (unpaired) electrons. The average Bonchev–Trinajstić information content (AvgIpc) is 2.65. The first kappa shape index (κ1) is 17.4. The molecule has 0 N–H and O–H groups in total. The van der Waals surface area contributed by atoms with Crippen molar-refractivity contribution in [1.29, 1.82) is 0 Å². The molecule has 0 spiro atoms. The molecule has 2 aromatic carbocycles. The van der Waals surface area contributed by atoms with Gasteiger partial charge in [0.1, 0.15) is 28.6 Å². The molecule has 2 aromatic rings. The van der Waals surface area contributed by atoms with E-state index in [0.29, 0.717) is 22.8 Å². The molecule has 5 heteroatoms. The van der Waals surface area contributed by atoms with Crippen molar-refractivity contribution in [3.8, 4) is 23.0 Å². The van der Waals surface area contributed by atoms with Crippen LogP contribution < -0.4 is 18.9 Å². The molecule has 24 heavy (non-hydrogen) atoms. The molecule has 0 aliphatic carbocycles. The topological polar surface area (TPSA) is 54.0 Å². The lowest BCUT2D eigenvalue weighted by molar-refractivity contribution is 0.104. The molecule has 0 saturated carbocycles. The number of benzene rings is 2. The molecule has 0 heterocycles. The van der Waals surface area contributed by atoms with Gasteiger partial charge in [-0.15, -0.1) is 0 Å². The van der Waals surface area contributed by atoms with Gasteiger partial charge >= 0.3 is 0 Å². The number of ketones is 1. The Bertz CT molecular complexity index is 707. The number of methoxy groups -OCH3 is 4. The SMILES string of the molecule is COc1ccc(/C=C/C(=O)c2c(OC)cc(OC)cc2OC)cc1. The van der Waals surface area contributed by atoms with Gasteiger partial charge in [0, 0.05) is 12.1 Å². The molecule has 0 unspecified atom stereocenters. The Morgan fingerprint density at radius 1 is 0.792 bits per heavy atom. The van der Waals surface area contributed by atoms with Crippen molar-refractivity contribution in [2.45, 2.75) is 0 Å². The Labute approximate surface area is 141 Å². The van der Waals surface area contributed by atoms with Crippen LogP contribution in [-0.4, -0.2) is 34.2 Å². The Morgan fingerprint density at radius 3 is 1.79 bits per heavy atom. The average molecular weight is 328 g/mol. The summed E-state index contributed by atoms with van der Waals surface area (Å²) in [6.07, 6.45) is 3.21. The predicted octanol–water partition coefficient (Wildman–Crippen LogP) is 3.62. The van der Waals surface area contributed by atoms with Crippen LogP contribution in [0.5, 0.6) is 23.0 Å². The number of carbonyl (C=O) groups excluding carboxylic acids is 1. The Hall–Kier alpha value is -2.95. The maximum absolute atomic E-state index is 12.6. The third-order valence-electron chi connectivity index (χ3n) is 3.50. The molecular formula is C19H20O5. The van der Waals surface area contributed by atoms with Crippen molar-refractivity contribution in [3.63, 3.8) is 0 Å². The number of allylic oxidation sites excluding steroid dienone is 1. The maximum atomic E-state index is 12.6. The van der Waals surface area contributed by atoms with Gasteiger partial charge in [0.05, 0.1) is 28.4 Å². The normalized spacial score (nSPS) is 10.5. The van der Waals surface area contributed by atoms with E-state index < -0.39 is 0 Å². The number of rotatable bonds is 7. The van der Waals surface area contributed by atoms with Gasteiger partial charge in [-0.25, -0.2) is 0 Å². The van der Waals surface area contributed by atoms with Crippen molar-refractivity contribution in [3.05, 3.63) is 53.6 Å². The van der Waals surface area contributed by atoms with Crippen LogP contribution in [0.1, 0.15) is 15.9 Å². The van der Waals surface area contributed by atoms with Crippen molar-refractivity contribution in [2.75, 3.05) is 28.4 Å². The van der Waals surface area contributed by atoms with Gasteiger partial charge in [-0.05, 0) is 23.8 Å². The lowest BCUT2D eigenvalue weighted by Crippen LogP contribution is -2.03. The van der Waals surface area contributed by atoms with Crippen molar-refractivity contribution >= 4 is 11.9 Å². The van der Waals surface area contributed by atoms with E-state index in [9.17, 15) is 4.79 Å². The molecule has 0 atom stereocenters. The van der Waals surface area contributed by atoms with Gasteiger partial charge < -0.3 is 18.9 Å². The van der Waals surface area contributed by atoms with Crippen LogP contribution in [0.3, 0.4) is 0 Å². The third-order valence-corrected chi connectivity index (χ3v) is 3.50. The minimum atomic E-state index is -0.220. The van der Waals surface area contributed by atoms with Crippen LogP contribution in [0.2, 0.25) is 0 Å². The summed E-state index contributed by atoms with van der Waals surface area (Å²) in [6, 6.07) is 10.7. The zero-order valence-corrected chi connectivity index (χ0v) is 14.2. The number of hydrogen-bond acceptors (Lipinski definition) is 5. The van der Waals surface area contributed by atoms with E-state index in [4.69, 9.17) is 18.9 Å². The second kappa shape index (κ2) is 8.06. The highest BCUT2D eigenvalue weighted by atomic mass is 16.5. The molecule has 0 aliphatic heterocycles. The molecule has 0 bridgehead atoms. The van der Waals surface area contributed by atoms with Gasteiger partial charge in [-0.1, -0.05) is 18.2 Å². The van der Waals surface area contributed by atoms with Gasteiger partial charge in [0.25, 0.3) is 0 Å². The fourth-order valence-electron chi connectivity index (χ4n) is 2.22. The monoisotopic (exact) mass is 328 g/mol. The number of carbonyl (C=O) groups is 1. The lowest BCUT2D eigenvalue weighted by atomic mass is 10.1. The quantitative estimate of drug-likeness (QED) is 0.574. The summed E-state index contributed by atoms with van der Waals surface area (Å²) in [6.45, 7) is 0. The van der Waals surface area contributed by atoms with Crippen molar-refractivity contribution < 1.29 is 23.7 Å². The molecule has 126 valence electrons. The van der Waals surface area contributed by atoms with Crippen LogP contribution in [0.15, 0.2) is 42.5 Å². The van der Waals surface area contributed by atoms with Crippen LogP contribution in [0, 0.1) is 0 Å². The molecule has 0 aromatic heterocycles. The molecular weight excluding hydrogens is 308 g/mol. The molecule has 0 amide bonds. The van der Waals surface area contributed by atoms with Gasteiger partial charge in [-0.2, -0.15) is 0 Å². The zero-order valence-electron chi connectivity index (χ0n) is 14.2. The molecule has 0 fully saturated rings. The zero-order chi connectivity index (χ0) is 17.5. The van der Waals surface area contributed by atoms with E-state index in [-0.39, 0.29) is 5.78 Å². The second-order valence-corrected chi connectivity index (χ2v) is 4.88. The standard InChI is InChI=1S/C19H20O5/c1-21-14-8-5-13(6-9-14)7-10-16(20)19-17(23-3)11-15(22-2)12-18(19)24-4/h5-12H,1-4H3/b10-7+. The van der Waals surface area contributed by atoms with Gasteiger partial charge in [-0.3, -0.25) is 4.79 Å². The summed E-state index contributed by atoms with van der Waals surface area (Å²) in [7, 11) is 6.15. The summed E-state index contributed by atoms with van der Waals surface area (Å²) in [4.78, 5) is 12.6.